The summed E-state index contributed by atoms with van der Waals surface area (Å²) in [5.74, 6) is 0. The number of benzene rings is 1. The summed E-state index contributed by atoms with van der Waals surface area (Å²) in [7, 11) is 0. The fourth-order valence-corrected chi connectivity index (χ4v) is 3.46. The van der Waals surface area contributed by atoms with Crippen molar-refractivity contribution in [3.8, 4) is 5.69 Å². The number of nitrogens with zero attached hydrogens (tertiary/aromatic N) is 6. The van der Waals surface area contributed by atoms with Gasteiger partial charge < -0.3 is 5.11 Å². The van der Waals surface area contributed by atoms with Gasteiger partial charge in [-0.3, -0.25) is 9.97 Å². The van der Waals surface area contributed by atoms with Crippen molar-refractivity contribution < 1.29 is 5.11 Å². The van der Waals surface area contributed by atoms with Crippen LogP contribution in [-0.4, -0.2) is 36.7 Å². The van der Waals surface area contributed by atoms with Crippen LogP contribution in [0.25, 0.3) is 16.6 Å². The van der Waals surface area contributed by atoms with Crippen LogP contribution in [0.1, 0.15) is 5.69 Å². The standard InChI is InChI=1S/C21H15ClN6O/c22-14-11-15(13-23-12-14)27-10-7-20(29)21(26-27)19-6-9-25-28(19)18-5-1-4-17-16(18)3-2-8-24-17/h1-13,20,29H. The third-order valence-corrected chi connectivity index (χ3v) is 4.82. The molecule has 0 saturated heterocycles. The highest BCUT2D eigenvalue weighted by molar-refractivity contribution is 6.30. The average molecular weight is 403 g/mol. The van der Waals surface area contributed by atoms with Crippen LogP contribution < -0.4 is 5.01 Å². The summed E-state index contributed by atoms with van der Waals surface area (Å²) >= 11 is 6.06. The lowest BCUT2D eigenvalue weighted by Gasteiger charge is -2.23. The molecule has 0 amide bonds. The molecule has 0 spiro atoms. The molecule has 8 heteroatoms. The summed E-state index contributed by atoms with van der Waals surface area (Å²) in [4.78, 5) is 8.51. The first-order valence-electron chi connectivity index (χ1n) is 8.94. The lowest BCUT2D eigenvalue weighted by atomic mass is 10.1. The molecule has 0 saturated carbocycles. The second-order valence-electron chi connectivity index (χ2n) is 6.45. The average Bonchev–Trinajstić information content (AvgIpc) is 3.23. The van der Waals surface area contributed by atoms with Crippen LogP contribution in [0.5, 0.6) is 0 Å². The molecule has 0 bridgehead atoms. The number of aromatic nitrogens is 4. The quantitative estimate of drug-likeness (QED) is 0.566. The molecular weight excluding hydrogens is 388 g/mol. The Balaban J connectivity index is 1.62. The molecule has 5 rings (SSSR count). The molecule has 4 aromatic rings. The van der Waals surface area contributed by atoms with Crippen molar-refractivity contribution in [2.75, 3.05) is 5.01 Å². The van der Waals surface area contributed by atoms with E-state index in [-0.39, 0.29) is 0 Å². The summed E-state index contributed by atoms with van der Waals surface area (Å²) in [5.41, 5.74) is 3.56. The van der Waals surface area contributed by atoms with Crippen LogP contribution >= 0.6 is 11.6 Å². The first-order chi connectivity index (χ1) is 14.2. The zero-order valence-corrected chi connectivity index (χ0v) is 15.8. The van der Waals surface area contributed by atoms with E-state index in [2.05, 4.69) is 20.2 Å². The normalized spacial score (nSPS) is 16.3. The van der Waals surface area contributed by atoms with E-state index in [1.807, 2.05) is 36.4 Å². The first-order valence-corrected chi connectivity index (χ1v) is 9.32. The number of pyridine rings is 2. The summed E-state index contributed by atoms with van der Waals surface area (Å²) in [6.07, 6.45) is 9.12. The maximum Gasteiger partial charge on any atom is 0.120 e. The van der Waals surface area contributed by atoms with E-state index in [1.165, 1.54) is 0 Å². The van der Waals surface area contributed by atoms with Gasteiger partial charge in [-0.1, -0.05) is 17.7 Å². The Morgan fingerprint density at radius 1 is 1.03 bits per heavy atom. The van der Waals surface area contributed by atoms with E-state index >= 15 is 0 Å². The first kappa shape index (κ1) is 17.5. The molecule has 29 heavy (non-hydrogen) atoms. The Labute approximate surface area is 171 Å². The number of hydrazone groups is 1. The Morgan fingerprint density at radius 2 is 1.97 bits per heavy atom. The van der Waals surface area contributed by atoms with Gasteiger partial charge in [0.2, 0.25) is 0 Å². The fraction of sp³-hybridized carbons (Fsp3) is 0.0476. The Kier molecular flexibility index (Phi) is 4.31. The lowest BCUT2D eigenvalue weighted by molar-refractivity contribution is 0.286. The Hall–Kier alpha value is -3.55. The molecule has 1 unspecified atom stereocenters. The summed E-state index contributed by atoms with van der Waals surface area (Å²) in [6, 6.07) is 13.3. The van der Waals surface area contributed by atoms with Crippen LogP contribution in [0, 0.1) is 0 Å². The minimum Gasteiger partial charge on any atom is -0.382 e. The van der Waals surface area contributed by atoms with Gasteiger partial charge in [-0.2, -0.15) is 10.2 Å². The molecule has 4 heterocycles. The van der Waals surface area contributed by atoms with Crippen molar-refractivity contribution in [2.45, 2.75) is 6.10 Å². The Morgan fingerprint density at radius 3 is 2.86 bits per heavy atom. The van der Waals surface area contributed by atoms with E-state index in [9.17, 15) is 5.11 Å². The van der Waals surface area contributed by atoms with Gasteiger partial charge in [0.05, 0.1) is 40.0 Å². The second-order valence-corrected chi connectivity index (χ2v) is 6.89. The van der Waals surface area contributed by atoms with Crippen LogP contribution in [0.2, 0.25) is 5.02 Å². The molecule has 1 aliphatic rings. The van der Waals surface area contributed by atoms with E-state index < -0.39 is 6.10 Å². The third kappa shape index (κ3) is 3.16. The van der Waals surface area contributed by atoms with E-state index in [4.69, 9.17) is 11.6 Å². The molecule has 1 N–H and O–H groups in total. The van der Waals surface area contributed by atoms with Gasteiger partial charge in [0.15, 0.2) is 0 Å². The van der Waals surface area contributed by atoms with Gasteiger partial charge in [0, 0.05) is 24.0 Å². The van der Waals surface area contributed by atoms with Crippen molar-refractivity contribution in [3.63, 3.8) is 0 Å². The molecule has 1 aliphatic heterocycles. The van der Waals surface area contributed by atoms with E-state index in [1.54, 1.807) is 52.8 Å². The van der Waals surface area contributed by atoms with Crippen LogP contribution in [0.15, 0.2) is 84.6 Å². The maximum absolute atomic E-state index is 10.6. The monoisotopic (exact) mass is 402 g/mol. The SMILES string of the molecule is OC1C=CN(c2cncc(Cl)c2)N=C1c1ccnn1-c1cccc2ncccc12. The number of hydrogen-bond donors (Lipinski definition) is 1. The predicted octanol–water partition coefficient (Wildman–Crippen LogP) is 3.57. The molecule has 142 valence electrons. The number of halogens is 1. The summed E-state index contributed by atoms with van der Waals surface area (Å²) in [6.45, 7) is 0. The fourth-order valence-electron chi connectivity index (χ4n) is 3.30. The number of aliphatic hydroxyl groups is 1. The second kappa shape index (κ2) is 7.12. The predicted molar refractivity (Wildman–Crippen MR) is 112 cm³/mol. The highest BCUT2D eigenvalue weighted by Crippen LogP contribution is 2.25. The summed E-state index contributed by atoms with van der Waals surface area (Å²) in [5, 5.41) is 22.8. The van der Waals surface area contributed by atoms with E-state index in [0.717, 1.165) is 16.6 Å². The number of anilines is 1. The van der Waals surface area contributed by atoms with Crippen LogP contribution in [0.3, 0.4) is 0 Å². The van der Waals surface area contributed by atoms with Gasteiger partial charge in [-0.25, -0.2) is 9.69 Å². The minimum absolute atomic E-state index is 0.464. The third-order valence-electron chi connectivity index (χ3n) is 4.62. The number of rotatable bonds is 3. The molecule has 1 atom stereocenters. The molecule has 0 radical (unpaired) electrons. The van der Waals surface area contributed by atoms with Gasteiger partial charge in [0.25, 0.3) is 0 Å². The topological polar surface area (TPSA) is 79.4 Å². The van der Waals surface area contributed by atoms with Crippen LogP contribution in [-0.2, 0) is 0 Å². The smallest absolute Gasteiger partial charge is 0.120 e. The van der Waals surface area contributed by atoms with Crippen molar-refractivity contribution in [2.24, 2.45) is 5.10 Å². The zero-order valence-electron chi connectivity index (χ0n) is 15.1. The molecule has 7 nitrogen and oxygen atoms in total. The van der Waals surface area contributed by atoms with E-state index in [0.29, 0.717) is 22.1 Å². The minimum atomic E-state index is -0.873. The van der Waals surface area contributed by atoms with Crippen molar-refractivity contribution >= 4 is 33.9 Å². The highest BCUT2D eigenvalue weighted by Gasteiger charge is 2.23. The summed E-state index contributed by atoms with van der Waals surface area (Å²) < 4.78 is 1.76. The van der Waals surface area contributed by atoms with Crippen LogP contribution in [0.4, 0.5) is 5.69 Å². The largest absolute Gasteiger partial charge is 0.382 e. The number of fused-ring (bicyclic) bond motifs is 1. The molecule has 0 fully saturated rings. The van der Waals surface area contributed by atoms with Gasteiger partial charge in [-0.15, -0.1) is 0 Å². The highest BCUT2D eigenvalue weighted by atomic mass is 35.5. The van der Waals surface area contributed by atoms with Gasteiger partial charge >= 0.3 is 0 Å². The Bertz CT molecular complexity index is 1260. The molecule has 3 aromatic heterocycles. The van der Waals surface area contributed by atoms with Crippen molar-refractivity contribution in [3.05, 3.63) is 90.2 Å². The van der Waals surface area contributed by atoms with Crippen molar-refractivity contribution in [1.82, 2.24) is 19.7 Å². The number of aliphatic hydroxyl groups excluding tert-OH is 1. The molecule has 0 aliphatic carbocycles. The maximum atomic E-state index is 10.6. The molecular formula is C21H15ClN6O. The number of hydrogen-bond acceptors (Lipinski definition) is 6. The van der Waals surface area contributed by atoms with Gasteiger partial charge in [0.1, 0.15) is 11.8 Å². The van der Waals surface area contributed by atoms with Gasteiger partial charge in [-0.05, 0) is 42.5 Å². The zero-order chi connectivity index (χ0) is 19.8. The molecule has 1 aromatic carbocycles. The lowest BCUT2D eigenvalue weighted by Crippen LogP contribution is -2.30. The van der Waals surface area contributed by atoms with Crippen molar-refractivity contribution in [1.29, 1.82) is 0 Å².